The van der Waals surface area contributed by atoms with Gasteiger partial charge in [-0.2, -0.15) is 0 Å². The van der Waals surface area contributed by atoms with Crippen molar-refractivity contribution in [2.24, 2.45) is 10.9 Å². The van der Waals surface area contributed by atoms with Crippen LogP contribution in [-0.4, -0.2) is 46.5 Å². The highest BCUT2D eigenvalue weighted by Crippen LogP contribution is 2.34. The Balaban J connectivity index is 1.26. The predicted molar refractivity (Wildman–Crippen MR) is 130 cm³/mol. The maximum atomic E-state index is 14.5. The standard InChI is InChI=1S/C28H25F2N3O3/c29-28(30)14-20(16-33(18-28)27(35)36-17-19-4-2-1-3-5-19)12-25(34)22-6-7-23-15-32-26(24(23)13-22)21-8-10-31-11-9-21/h1-11,13,20H,12,14-18H2. The number of Topliss-reactive ketones (excluding diaryl/α,β-unsaturated/α-hetero) is 1. The number of likely N-dealkylation sites (tertiary alicyclic amines) is 1. The molecule has 0 N–H and O–H groups in total. The molecular weight excluding hydrogens is 464 g/mol. The van der Waals surface area contributed by atoms with E-state index in [1.807, 2.05) is 36.4 Å². The van der Waals surface area contributed by atoms with Crippen molar-refractivity contribution < 1.29 is 23.1 Å². The van der Waals surface area contributed by atoms with E-state index in [2.05, 4.69) is 9.98 Å². The van der Waals surface area contributed by atoms with Gasteiger partial charge < -0.3 is 9.64 Å². The molecule has 3 heterocycles. The smallest absolute Gasteiger partial charge is 0.410 e. The van der Waals surface area contributed by atoms with Gasteiger partial charge in [-0.1, -0.05) is 42.5 Å². The molecule has 1 amide bonds. The van der Waals surface area contributed by atoms with E-state index in [0.29, 0.717) is 12.1 Å². The molecule has 8 heteroatoms. The van der Waals surface area contributed by atoms with Gasteiger partial charge in [-0.3, -0.25) is 14.8 Å². The molecule has 36 heavy (non-hydrogen) atoms. The van der Waals surface area contributed by atoms with E-state index in [1.165, 1.54) is 0 Å². The van der Waals surface area contributed by atoms with Gasteiger partial charge in [0.25, 0.3) is 5.92 Å². The number of aliphatic imine (C=N–C) groups is 1. The lowest BCUT2D eigenvalue weighted by Crippen LogP contribution is -2.50. The van der Waals surface area contributed by atoms with E-state index in [4.69, 9.17) is 4.74 Å². The number of ketones is 1. The lowest BCUT2D eigenvalue weighted by Gasteiger charge is -2.36. The molecule has 1 unspecified atom stereocenters. The number of pyridine rings is 1. The van der Waals surface area contributed by atoms with Crippen molar-refractivity contribution in [3.63, 3.8) is 0 Å². The second kappa shape index (κ2) is 9.97. The number of halogens is 2. The number of benzene rings is 2. The first-order valence-corrected chi connectivity index (χ1v) is 11.8. The van der Waals surface area contributed by atoms with Crippen molar-refractivity contribution in [2.75, 3.05) is 13.1 Å². The van der Waals surface area contributed by atoms with Crippen LogP contribution >= 0.6 is 0 Å². The van der Waals surface area contributed by atoms with Gasteiger partial charge >= 0.3 is 6.09 Å². The summed E-state index contributed by atoms with van der Waals surface area (Å²) in [5.41, 5.74) is 4.79. The minimum atomic E-state index is -3.09. The van der Waals surface area contributed by atoms with Crippen LogP contribution in [0, 0.1) is 5.92 Å². The first-order valence-electron chi connectivity index (χ1n) is 11.8. The minimum Gasteiger partial charge on any atom is -0.445 e. The number of rotatable bonds is 6. The highest BCUT2D eigenvalue weighted by Gasteiger charge is 2.43. The second-order valence-corrected chi connectivity index (χ2v) is 9.25. The largest absolute Gasteiger partial charge is 0.445 e. The number of carbonyl (C=O) groups is 2. The maximum absolute atomic E-state index is 14.5. The van der Waals surface area contributed by atoms with Gasteiger partial charge in [0.15, 0.2) is 5.78 Å². The topological polar surface area (TPSA) is 71.9 Å². The molecule has 0 spiro atoms. The fourth-order valence-corrected chi connectivity index (χ4v) is 4.79. The van der Waals surface area contributed by atoms with Gasteiger partial charge in [-0.25, -0.2) is 13.6 Å². The van der Waals surface area contributed by atoms with E-state index in [9.17, 15) is 18.4 Å². The van der Waals surface area contributed by atoms with Crippen molar-refractivity contribution in [3.05, 3.63) is 101 Å². The average molecular weight is 490 g/mol. The SMILES string of the molecule is O=C(CC1CN(C(=O)OCc2ccccc2)CC(F)(F)C1)c1ccc2c(c1)C(c1ccncc1)=NC2. The molecule has 0 aliphatic carbocycles. The van der Waals surface area contributed by atoms with Crippen LogP contribution in [0.15, 0.2) is 78.0 Å². The van der Waals surface area contributed by atoms with Crippen molar-refractivity contribution in [3.8, 4) is 0 Å². The van der Waals surface area contributed by atoms with Crippen molar-refractivity contribution in [1.29, 1.82) is 0 Å². The summed E-state index contributed by atoms with van der Waals surface area (Å²) in [6, 6.07) is 18.1. The Kier molecular flexibility index (Phi) is 6.59. The molecule has 2 aliphatic heterocycles. The van der Waals surface area contributed by atoms with Crippen LogP contribution in [0.3, 0.4) is 0 Å². The maximum Gasteiger partial charge on any atom is 0.410 e. The van der Waals surface area contributed by atoms with Crippen LogP contribution in [0.5, 0.6) is 0 Å². The first-order chi connectivity index (χ1) is 17.4. The van der Waals surface area contributed by atoms with Gasteiger partial charge in [0.05, 0.1) is 18.8 Å². The minimum absolute atomic E-state index is 0.00182. The molecule has 3 aromatic rings. The average Bonchev–Trinajstić information content (AvgIpc) is 3.31. The molecule has 0 bridgehead atoms. The Bertz CT molecular complexity index is 1300. The fraction of sp³-hybridized carbons (Fsp3) is 0.286. The number of alkyl halides is 2. The summed E-state index contributed by atoms with van der Waals surface area (Å²) in [5, 5.41) is 0. The van der Waals surface area contributed by atoms with Gasteiger partial charge in [0, 0.05) is 48.5 Å². The number of piperidine rings is 1. The predicted octanol–water partition coefficient (Wildman–Crippen LogP) is 5.30. The third kappa shape index (κ3) is 5.32. The Morgan fingerprint density at radius 3 is 2.61 bits per heavy atom. The lowest BCUT2D eigenvalue weighted by atomic mass is 9.88. The van der Waals surface area contributed by atoms with Gasteiger partial charge in [0.1, 0.15) is 6.61 Å². The Morgan fingerprint density at radius 2 is 1.83 bits per heavy atom. The number of amides is 1. The molecule has 0 radical (unpaired) electrons. The molecule has 0 saturated carbocycles. The number of hydrogen-bond acceptors (Lipinski definition) is 5. The van der Waals surface area contributed by atoms with Crippen molar-refractivity contribution >= 4 is 17.6 Å². The van der Waals surface area contributed by atoms with Crippen LogP contribution < -0.4 is 0 Å². The molecule has 6 nitrogen and oxygen atoms in total. The number of ether oxygens (including phenoxy) is 1. The molecule has 1 aromatic heterocycles. The first kappa shape index (κ1) is 23.8. The monoisotopic (exact) mass is 489 g/mol. The molecule has 184 valence electrons. The van der Waals surface area contributed by atoms with Crippen molar-refractivity contribution in [1.82, 2.24) is 9.88 Å². The Labute approximate surface area is 207 Å². The van der Waals surface area contributed by atoms with E-state index >= 15 is 0 Å². The number of fused-ring (bicyclic) bond motifs is 1. The van der Waals surface area contributed by atoms with E-state index in [1.54, 1.807) is 36.7 Å². The number of carbonyl (C=O) groups excluding carboxylic acids is 2. The molecule has 2 aliphatic rings. The highest BCUT2D eigenvalue weighted by atomic mass is 19.3. The van der Waals surface area contributed by atoms with Gasteiger partial charge in [0.2, 0.25) is 0 Å². The van der Waals surface area contributed by atoms with Crippen LogP contribution in [0.25, 0.3) is 0 Å². The molecular formula is C28H25F2N3O3. The number of aromatic nitrogens is 1. The summed E-state index contributed by atoms with van der Waals surface area (Å²) in [7, 11) is 0. The van der Waals surface area contributed by atoms with Gasteiger partial charge in [-0.05, 0) is 35.2 Å². The lowest BCUT2D eigenvalue weighted by molar-refractivity contribution is -0.0801. The normalized spacial score (nSPS) is 18.3. The zero-order chi connectivity index (χ0) is 25.1. The summed E-state index contributed by atoms with van der Waals surface area (Å²) in [6.45, 7) is -0.141. The van der Waals surface area contributed by atoms with Crippen LogP contribution in [0.4, 0.5) is 13.6 Å². The summed E-state index contributed by atoms with van der Waals surface area (Å²) in [4.78, 5) is 35.3. The van der Waals surface area contributed by atoms with E-state index < -0.39 is 30.9 Å². The summed E-state index contributed by atoms with van der Waals surface area (Å²) in [6.07, 6.45) is 2.04. The third-order valence-corrected chi connectivity index (χ3v) is 6.47. The van der Waals surface area contributed by atoms with Crippen LogP contribution in [0.2, 0.25) is 0 Å². The molecule has 2 aromatic carbocycles. The quantitative estimate of drug-likeness (QED) is 0.441. The molecule has 1 atom stereocenters. The Morgan fingerprint density at radius 1 is 1.06 bits per heavy atom. The summed E-state index contributed by atoms with van der Waals surface area (Å²) < 4.78 is 34.3. The number of nitrogens with zero attached hydrogens (tertiary/aromatic N) is 3. The van der Waals surface area contributed by atoms with Gasteiger partial charge in [-0.15, -0.1) is 0 Å². The zero-order valence-electron chi connectivity index (χ0n) is 19.6. The second-order valence-electron chi connectivity index (χ2n) is 9.25. The molecule has 1 saturated heterocycles. The fourth-order valence-electron chi connectivity index (χ4n) is 4.79. The van der Waals surface area contributed by atoms with Crippen LogP contribution in [0.1, 0.15) is 45.5 Å². The zero-order valence-corrected chi connectivity index (χ0v) is 19.6. The summed E-state index contributed by atoms with van der Waals surface area (Å²) >= 11 is 0. The number of hydrogen-bond donors (Lipinski definition) is 0. The van der Waals surface area contributed by atoms with Crippen LogP contribution in [-0.2, 0) is 17.9 Å². The molecule has 1 fully saturated rings. The summed E-state index contributed by atoms with van der Waals surface area (Å²) in [5.74, 6) is -4.00. The third-order valence-electron chi connectivity index (χ3n) is 6.47. The van der Waals surface area contributed by atoms with Crippen molar-refractivity contribution in [2.45, 2.75) is 31.9 Å². The highest BCUT2D eigenvalue weighted by molar-refractivity contribution is 6.16. The molecule has 5 rings (SSSR count). The van der Waals surface area contributed by atoms with E-state index in [0.717, 1.165) is 32.9 Å². The Hall–Kier alpha value is -3.94. The van der Waals surface area contributed by atoms with E-state index in [-0.39, 0.29) is 25.4 Å².